The average molecular weight is 330 g/mol. The van der Waals surface area contributed by atoms with E-state index in [0.717, 1.165) is 5.56 Å². The molecular formula is C17H18N2O3S. The lowest BCUT2D eigenvalue weighted by molar-refractivity contribution is -0.143. The first-order chi connectivity index (χ1) is 11.1. The average Bonchev–Trinajstić information content (AvgIpc) is 3.00. The summed E-state index contributed by atoms with van der Waals surface area (Å²) in [4.78, 5) is 25.9. The molecule has 2 heterocycles. The molecular weight excluding hydrogens is 312 g/mol. The number of aliphatic carboxylic acids is 1. The summed E-state index contributed by atoms with van der Waals surface area (Å²) in [5.41, 5.74) is 2.36. The molecule has 1 aliphatic heterocycles. The van der Waals surface area contributed by atoms with Crippen molar-refractivity contribution in [2.45, 2.75) is 19.3 Å². The van der Waals surface area contributed by atoms with E-state index in [4.69, 9.17) is 0 Å². The molecule has 2 atom stereocenters. The van der Waals surface area contributed by atoms with Gasteiger partial charge in [-0.3, -0.25) is 9.59 Å². The van der Waals surface area contributed by atoms with Crippen molar-refractivity contribution < 1.29 is 14.7 Å². The Morgan fingerprint density at radius 1 is 1.26 bits per heavy atom. The molecule has 1 aromatic heterocycles. The Hall–Kier alpha value is -2.21. The summed E-state index contributed by atoms with van der Waals surface area (Å²) in [6.07, 6.45) is 0.560. The van der Waals surface area contributed by atoms with Crippen LogP contribution in [0, 0.1) is 12.8 Å². The van der Waals surface area contributed by atoms with Gasteiger partial charge in [0.25, 0.3) is 5.91 Å². The molecule has 0 radical (unpaired) electrons. The summed E-state index contributed by atoms with van der Waals surface area (Å²) in [7, 11) is 0. The number of carbonyl (C=O) groups excluding carboxylic acids is 1. The monoisotopic (exact) mass is 330 g/mol. The lowest BCUT2D eigenvalue weighted by Crippen LogP contribution is -2.45. The summed E-state index contributed by atoms with van der Waals surface area (Å²) < 4.78 is 4.14. The number of hydrogen-bond acceptors (Lipinski definition) is 4. The molecule has 6 heteroatoms. The second-order valence-electron chi connectivity index (χ2n) is 5.90. The van der Waals surface area contributed by atoms with E-state index < -0.39 is 11.9 Å². The standard InChI is InChI=1S/C17H18N2O3S/c1-11-15(10-23-18-11)16(20)19-8-13(7-14(9-19)17(21)22)12-5-3-2-4-6-12/h2-6,10,13-14H,7-9H2,1H3,(H,21,22)/t13-,14-/m0/s1. The van der Waals surface area contributed by atoms with Gasteiger partial charge in [0.15, 0.2) is 0 Å². The number of piperidine rings is 1. The number of rotatable bonds is 3. The van der Waals surface area contributed by atoms with Crippen molar-refractivity contribution in [1.29, 1.82) is 0 Å². The third kappa shape index (κ3) is 3.27. The molecule has 120 valence electrons. The van der Waals surface area contributed by atoms with Crippen molar-refractivity contribution in [3.05, 3.63) is 52.5 Å². The first-order valence-corrected chi connectivity index (χ1v) is 8.38. The highest BCUT2D eigenvalue weighted by molar-refractivity contribution is 7.03. The van der Waals surface area contributed by atoms with Crippen molar-refractivity contribution in [1.82, 2.24) is 9.27 Å². The molecule has 0 aliphatic carbocycles. The second-order valence-corrected chi connectivity index (χ2v) is 6.53. The molecule has 0 spiro atoms. The van der Waals surface area contributed by atoms with Crippen molar-refractivity contribution in [3.8, 4) is 0 Å². The first-order valence-electron chi connectivity index (χ1n) is 7.54. The number of carboxylic acids is 1. The van der Waals surface area contributed by atoms with Crippen LogP contribution in [0.2, 0.25) is 0 Å². The molecule has 0 unspecified atom stereocenters. The number of likely N-dealkylation sites (tertiary alicyclic amines) is 1. The summed E-state index contributed by atoms with van der Waals surface area (Å²) >= 11 is 1.25. The fraction of sp³-hybridized carbons (Fsp3) is 0.353. The molecule has 5 nitrogen and oxygen atoms in total. The number of carbonyl (C=O) groups is 2. The van der Waals surface area contributed by atoms with Crippen molar-refractivity contribution in [3.63, 3.8) is 0 Å². The number of aryl methyl sites for hydroxylation is 1. The summed E-state index contributed by atoms with van der Waals surface area (Å²) in [5.74, 6) is -1.46. The summed E-state index contributed by atoms with van der Waals surface area (Å²) in [6.45, 7) is 2.60. The maximum absolute atomic E-state index is 12.7. The molecule has 0 saturated carbocycles. The Labute approximate surface area is 138 Å². The quantitative estimate of drug-likeness (QED) is 0.939. The van der Waals surface area contributed by atoms with E-state index in [-0.39, 0.29) is 18.4 Å². The van der Waals surface area contributed by atoms with Crippen molar-refractivity contribution >= 4 is 23.4 Å². The van der Waals surface area contributed by atoms with Gasteiger partial charge in [-0.2, -0.15) is 4.37 Å². The minimum Gasteiger partial charge on any atom is -0.481 e. The van der Waals surface area contributed by atoms with Gasteiger partial charge < -0.3 is 10.0 Å². The Morgan fingerprint density at radius 3 is 2.61 bits per heavy atom. The predicted octanol–water partition coefficient (Wildman–Crippen LogP) is 2.78. The SMILES string of the molecule is Cc1nscc1C(=O)N1C[C@@H](C(=O)O)C[C@H](c2ccccc2)C1. The number of hydrogen-bond donors (Lipinski definition) is 1. The third-order valence-corrected chi connectivity index (χ3v) is 5.06. The minimum atomic E-state index is -0.844. The molecule has 1 aromatic carbocycles. The van der Waals surface area contributed by atoms with Gasteiger partial charge in [-0.25, -0.2) is 0 Å². The van der Waals surface area contributed by atoms with Crippen LogP contribution in [-0.2, 0) is 4.79 Å². The van der Waals surface area contributed by atoms with Gasteiger partial charge in [0.1, 0.15) is 0 Å². The fourth-order valence-electron chi connectivity index (χ4n) is 3.08. The molecule has 3 rings (SSSR count). The maximum Gasteiger partial charge on any atom is 0.308 e. The zero-order valence-corrected chi connectivity index (χ0v) is 13.6. The van der Waals surface area contributed by atoms with E-state index >= 15 is 0 Å². The van der Waals surface area contributed by atoms with E-state index in [9.17, 15) is 14.7 Å². The molecule has 2 aromatic rings. The van der Waals surface area contributed by atoms with Crippen LogP contribution in [-0.4, -0.2) is 39.3 Å². The van der Waals surface area contributed by atoms with E-state index in [0.29, 0.717) is 24.2 Å². The highest BCUT2D eigenvalue weighted by Gasteiger charge is 2.35. The van der Waals surface area contributed by atoms with E-state index in [2.05, 4.69) is 4.37 Å². The molecule has 1 saturated heterocycles. The summed E-state index contributed by atoms with van der Waals surface area (Å²) in [5, 5.41) is 11.2. The van der Waals surface area contributed by atoms with Crippen LogP contribution < -0.4 is 0 Å². The Balaban J connectivity index is 1.86. The zero-order chi connectivity index (χ0) is 16.4. The van der Waals surface area contributed by atoms with E-state index in [1.807, 2.05) is 30.3 Å². The highest BCUT2D eigenvalue weighted by atomic mass is 32.1. The number of amides is 1. The maximum atomic E-state index is 12.7. The molecule has 1 N–H and O–H groups in total. The molecule has 0 bridgehead atoms. The van der Waals surface area contributed by atoms with Crippen LogP contribution >= 0.6 is 11.5 Å². The van der Waals surface area contributed by atoms with E-state index in [1.54, 1.807) is 17.2 Å². The Kier molecular flexibility index (Phi) is 4.43. The third-order valence-electron chi connectivity index (χ3n) is 4.34. The van der Waals surface area contributed by atoms with Gasteiger partial charge in [-0.1, -0.05) is 30.3 Å². The number of aromatic nitrogens is 1. The van der Waals surface area contributed by atoms with Gasteiger partial charge in [0.2, 0.25) is 0 Å². The van der Waals surface area contributed by atoms with Crippen LogP contribution in [0.3, 0.4) is 0 Å². The zero-order valence-electron chi connectivity index (χ0n) is 12.8. The predicted molar refractivity (Wildman–Crippen MR) is 87.7 cm³/mol. The topological polar surface area (TPSA) is 70.5 Å². The lowest BCUT2D eigenvalue weighted by atomic mass is 9.84. The van der Waals surface area contributed by atoms with Crippen LogP contribution in [0.5, 0.6) is 0 Å². The van der Waals surface area contributed by atoms with Crippen LogP contribution in [0.25, 0.3) is 0 Å². The number of carboxylic acid groups (broad SMARTS) is 1. The molecule has 23 heavy (non-hydrogen) atoms. The van der Waals surface area contributed by atoms with Crippen LogP contribution in [0.1, 0.15) is 34.0 Å². The van der Waals surface area contributed by atoms with Gasteiger partial charge in [-0.15, -0.1) is 0 Å². The normalized spacial score (nSPS) is 21.2. The first kappa shape index (κ1) is 15.7. The smallest absolute Gasteiger partial charge is 0.308 e. The van der Waals surface area contributed by atoms with Crippen molar-refractivity contribution in [2.75, 3.05) is 13.1 Å². The lowest BCUT2D eigenvalue weighted by Gasteiger charge is -2.36. The van der Waals surface area contributed by atoms with Gasteiger partial charge >= 0.3 is 5.97 Å². The summed E-state index contributed by atoms with van der Waals surface area (Å²) in [6, 6.07) is 9.81. The van der Waals surface area contributed by atoms with E-state index in [1.165, 1.54) is 11.5 Å². The highest BCUT2D eigenvalue weighted by Crippen LogP contribution is 2.31. The van der Waals surface area contributed by atoms with Gasteiger partial charge in [0, 0.05) is 24.4 Å². The second kappa shape index (κ2) is 6.50. The van der Waals surface area contributed by atoms with Gasteiger partial charge in [-0.05, 0) is 30.4 Å². The molecule has 1 fully saturated rings. The minimum absolute atomic E-state index is 0.0434. The number of nitrogens with zero attached hydrogens (tertiary/aromatic N) is 2. The molecule has 1 amide bonds. The van der Waals surface area contributed by atoms with Gasteiger partial charge in [0.05, 0.1) is 17.2 Å². The fourth-order valence-corrected chi connectivity index (χ4v) is 3.76. The Bertz CT molecular complexity index is 714. The van der Waals surface area contributed by atoms with Crippen molar-refractivity contribution in [2.24, 2.45) is 5.92 Å². The number of benzene rings is 1. The Morgan fingerprint density at radius 2 is 2.00 bits per heavy atom. The van der Waals surface area contributed by atoms with Crippen LogP contribution in [0.15, 0.2) is 35.7 Å². The van der Waals surface area contributed by atoms with Crippen LogP contribution in [0.4, 0.5) is 0 Å². The molecule has 1 aliphatic rings. The largest absolute Gasteiger partial charge is 0.481 e.